The van der Waals surface area contributed by atoms with Crippen LogP contribution in [0.1, 0.15) is 96.0 Å². The largest absolute Gasteiger partial charge is 0.543 e. The molecule has 0 radical (unpaired) electrons. The number of fused-ring (bicyclic) bond motifs is 2. The second-order valence-corrected chi connectivity index (χ2v) is 21.4. The van der Waals surface area contributed by atoms with Gasteiger partial charge in [-0.3, -0.25) is 0 Å². The Morgan fingerprint density at radius 2 is 1.11 bits per heavy atom. The first-order valence-electron chi connectivity index (χ1n) is 17.9. The Bertz CT molecular complexity index is 1560. The van der Waals surface area contributed by atoms with Crippen molar-refractivity contribution in [1.82, 2.24) is 0 Å². The van der Waals surface area contributed by atoms with Crippen LogP contribution in [0.5, 0.6) is 17.2 Å². The van der Waals surface area contributed by atoms with Gasteiger partial charge in [0.05, 0.1) is 0 Å². The number of hydrogen-bond acceptors (Lipinski definition) is 4. The normalized spacial score (nSPS) is 12.1. The number of esters is 1. The van der Waals surface area contributed by atoms with Crippen LogP contribution in [0.25, 0.3) is 21.5 Å². The summed E-state index contributed by atoms with van der Waals surface area (Å²) in [5.74, 6) is 1.67. The molecule has 0 saturated carbocycles. The molecule has 0 aromatic heterocycles. The van der Waals surface area contributed by atoms with Gasteiger partial charge in [0.25, 0.3) is 16.6 Å². The summed E-state index contributed by atoms with van der Waals surface area (Å²) in [5, 5.41) is 3.96. The fourth-order valence-corrected chi connectivity index (χ4v) is 16.4. The molecule has 4 aromatic carbocycles. The first-order chi connectivity index (χ1) is 22.3. The van der Waals surface area contributed by atoms with E-state index in [0.717, 1.165) is 102 Å². The highest BCUT2D eigenvalue weighted by atomic mass is 28.4. The number of rotatable bonds is 18. The molecule has 0 aliphatic heterocycles. The lowest BCUT2D eigenvalue weighted by Gasteiger charge is -2.35. The summed E-state index contributed by atoms with van der Waals surface area (Å²) in [6.07, 6.45) is 6.50. The van der Waals surface area contributed by atoms with Crippen LogP contribution in [0, 0.1) is 6.92 Å². The van der Waals surface area contributed by atoms with Gasteiger partial charge >= 0.3 is 5.97 Å². The summed E-state index contributed by atoms with van der Waals surface area (Å²) in [6.45, 7) is 15.7. The molecular formula is C40H56O4Si2. The second kappa shape index (κ2) is 16.6. The Kier molecular flexibility index (Phi) is 12.9. The number of carbonyl (C=O) groups excluding carboxylic acids is 1. The van der Waals surface area contributed by atoms with E-state index in [-0.39, 0.29) is 5.97 Å². The molecule has 4 aromatic rings. The van der Waals surface area contributed by atoms with Crippen molar-refractivity contribution in [2.24, 2.45) is 0 Å². The number of benzene rings is 4. The molecule has 46 heavy (non-hydrogen) atoms. The summed E-state index contributed by atoms with van der Waals surface area (Å²) in [4.78, 5) is 14.5. The van der Waals surface area contributed by atoms with Crippen molar-refractivity contribution in [3.05, 3.63) is 77.9 Å². The van der Waals surface area contributed by atoms with Crippen molar-refractivity contribution < 1.29 is 18.4 Å². The van der Waals surface area contributed by atoms with Crippen LogP contribution >= 0.6 is 0 Å². The van der Waals surface area contributed by atoms with Gasteiger partial charge < -0.3 is 13.6 Å². The monoisotopic (exact) mass is 656 g/mol. The molecule has 6 heteroatoms. The molecule has 0 N–H and O–H groups in total. The quantitative estimate of drug-likeness (QED) is 0.0607. The van der Waals surface area contributed by atoms with Gasteiger partial charge in [-0.15, -0.1) is 0 Å². The molecule has 0 unspecified atom stereocenters. The summed E-state index contributed by atoms with van der Waals surface area (Å²) < 4.78 is 21.0. The number of ether oxygens (including phenoxy) is 1. The molecule has 0 aliphatic rings. The Morgan fingerprint density at radius 3 is 1.70 bits per heavy atom. The predicted molar refractivity (Wildman–Crippen MR) is 201 cm³/mol. The Labute approximate surface area is 280 Å². The zero-order valence-electron chi connectivity index (χ0n) is 29.5. The van der Waals surface area contributed by atoms with E-state index in [4.69, 9.17) is 13.6 Å². The van der Waals surface area contributed by atoms with Crippen LogP contribution in [-0.2, 0) is 0 Å². The highest BCUT2D eigenvalue weighted by molar-refractivity contribution is 6.75. The van der Waals surface area contributed by atoms with E-state index in [1.807, 2.05) is 48.5 Å². The Balaban J connectivity index is 1.98. The molecule has 4 nitrogen and oxygen atoms in total. The average Bonchev–Trinajstić information content (AvgIpc) is 3.03. The molecule has 4 rings (SSSR count). The molecule has 0 spiro atoms. The molecule has 0 amide bonds. The van der Waals surface area contributed by atoms with Crippen molar-refractivity contribution >= 4 is 44.1 Å². The van der Waals surface area contributed by atoms with E-state index in [0.29, 0.717) is 17.1 Å². The predicted octanol–water partition coefficient (Wildman–Crippen LogP) is 12.6. The molecular weight excluding hydrogens is 601 g/mol. The fourth-order valence-electron chi connectivity index (χ4n) is 7.50. The van der Waals surface area contributed by atoms with Gasteiger partial charge in [0, 0.05) is 16.2 Å². The van der Waals surface area contributed by atoms with E-state index in [1.165, 1.54) is 5.56 Å². The van der Waals surface area contributed by atoms with Gasteiger partial charge in [0.15, 0.2) is 0 Å². The van der Waals surface area contributed by atoms with E-state index >= 15 is 0 Å². The summed E-state index contributed by atoms with van der Waals surface area (Å²) in [5.41, 5.74) is 1.65. The molecule has 0 heterocycles. The molecule has 248 valence electrons. The van der Waals surface area contributed by atoms with Crippen LogP contribution in [0.2, 0.25) is 36.3 Å². The number of aryl methyl sites for hydroxylation is 1. The van der Waals surface area contributed by atoms with Gasteiger partial charge in [-0.2, -0.15) is 0 Å². The summed E-state index contributed by atoms with van der Waals surface area (Å²) >= 11 is 0. The molecule has 0 atom stereocenters. The molecule has 0 aliphatic carbocycles. The minimum Gasteiger partial charge on any atom is -0.543 e. The van der Waals surface area contributed by atoms with Crippen molar-refractivity contribution in [3.8, 4) is 17.2 Å². The second-order valence-electron chi connectivity index (χ2n) is 13.2. The third-order valence-electron chi connectivity index (χ3n) is 9.26. The van der Waals surface area contributed by atoms with Gasteiger partial charge in [-0.1, -0.05) is 134 Å². The third kappa shape index (κ3) is 8.24. The van der Waals surface area contributed by atoms with Gasteiger partial charge in [0.1, 0.15) is 22.8 Å². The van der Waals surface area contributed by atoms with Crippen LogP contribution in [0.15, 0.2) is 66.7 Å². The maximum Gasteiger partial charge on any atom is 0.347 e. The van der Waals surface area contributed by atoms with Crippen molar-refractivity contribution in [1.29, 1.82) is 0 Å². The van der Waals surface area contributed by atoms with Gasteiger partial charge in [-0.05, 0) is 66.8 Å². The first kappa shape index (κ1) is 35.8. The number of hydrogen-bond donors (Lipinski definition) is 0. The van der Waals surface area contributed by atoms with Crippen LogP contribution in [0.4, 0.5) is 0 Å². The lowest BCUT2D eigenvalue weighted by atomic mass is 10.0. The maximum absolute atomic E-state index is 14.5. The lowest BCUT2D eigenvalue weighted by Crippen LogP contribution is -2.42. The molecule has 0 fully saturated rings. The minimum atomic E-state index is -2.22. The van der Waals surface area contributed by atoms with Crippen molar-refractivity contribution in [3.63, 3.8) is 0 Å². The van der Waals surface area contributed by atoms with Crippen LogP contribution in [0.3, 0.4) is 0 Å². The zero-order valence-corrected chi connectivity index (χ0v) is 31.5. The SMILES string of the molecule is CCC[Si](CCC)(CCC)Oc1cc(C(=O)Oc2cccc3ccccc23)c(O[Si](CCC)(CCC)CCC)c2ccc(C)cc12. The van der Waals surface area contributed by atoms with Gasteiger partial charge in [-0.25, -0.2) is 4.79 Å². The fraction of sp³-hybridized carbons (Fsp3) is 0.475. The molecule has 0 bridgehead atoms. The van der Waals surface area contributed by atoms with Crippen LogP contribution in [-0.4, -0.2) is 22.6 Å². The Morgan fingerprint density at radius 1 is 0.565 bits per heavy atom. The highest BCUT2D eigenvalue weighted by Crippen LogP contribution is 2.44. The average molecular weight is 657 g/mol. The van der Waals surface area contributed by atoms with Crippen LogP contribution < -0.4 is 13.6 Å². The van der Waals surface area contributed by atoms with E-state index < -0.39 is 16.6 Å². The summed E-state index contributed by atoms with van der Waals surface area (Å²) in [6, 6.07) is 28.9. The standard InChI is InChI=1S/C40H56O4Si2/c1-8-23-45(24-9-2,25-10-3)43-38-30-36(40(41)42-37-20-16-18-32-17-14-15-19-33(32)37)39(34-22-21-31(7)29-35(34)38)44-46(26-11-4,27-12-5)28-13-6/h14-22,29-30H,8-13,23-28H2,1-7H3. The minimum absolute atomic E-state index is 0.389. The smallest absolute Gasteiger partial charge is 0.347 e. The topological polar surface area (TPSA) is 44.8 Å². The van der Waals surface area contributed by atoms with Gasteiger partial charge in [0.2, 0.25) is 0 Å². The first-order valence-corrected chi connectivity index (χ1v) is 23.0. The van der Waals surface area contributed by atoms with E-state index in [2.05, 4.69) is 66.7 Å². The van der Waals surface area contributed by atoms with Crippen molar-refractivity contribution in [2.75, 3.05) is 0 Å². The molecule has 0 saturated heterocycles. The zero-order chi connectivity index (χ0) is 33.2. The van der Waals surface area contributed by atoms with E-state index in [1.54, 1.807) is 0 Å². The lowest BCUT2D eigenvalue weighted by molar-refractivity contribution is 0.0735. The maximum atomic E-state index is 14.5. The summed E-state index contributed by atoms with van der Waals surface area (Å²) in [7, 11) is -4.35. The number of carbonyl (C=O) groups is 1. The Hall–Kier alpha value is -3.10. The van der Waals surface area contributed by atoms with Crippen molar-refractivity contribution in [2.45, 2.75) is 123 Å². The third-order valence-corrected chi connectivity index (χ3v) is 19.0. The highest BCUT2D eigenvalue weighted by Gasteiger charge is 2.38. The van der Waals surface area contributed by atoms with E-state index in [9.17, 15) is 4.79 Å².